The minimum atomic E-state index is 0.640. The molecule has 9 nitrogen and oxygen atoms in total. The van der Waals surface area contributed by atoms with Gasteiger partial charge in [0.1, 0.15) is 11.2 Å². The summed E-state index contributed by atoms with van der Waals surface area (Å²) in [4.78, 5) is 25.2. The van der Waals surface area contributed by atoms with Crippen molar-refractivity contribution in [3.8, 4) is 119 Å². The number of aromatic nitrogens is 8. The van der Waals surface area contributed by atoms with E-state index in [4.69, 9.17) is 29.3 Å². The fourth-order valence-corrected chi connectivity index (χ4v) is 24.5. The third-order valence-electron chi connectivity index (χ3n) is 28.5. The van der Waals surface area contributed by atoms with Crippen molar-refractivity contribution in [1.29, 1.82) is 0 Å². The Balaban J connectivity index is 0.000000105. The second-order valence-corrected chi connectivity index (χ2v) is 38.8. The zero-order chi connectivity index (χ0) is 94.8. The standard InChI is InChI=1S/C46H29N3S.C45H28N4S.C42H25NO/c1-3-13-30(14-4-1)38-29-39(31-15-5-2-6-16-31)48-46(47-38)33-25-23-32(24-26-33)44-42(28-27-37-36-19-9-12-22-43(36)50-45(37)44)49-40-20-10-7-17-34(40)35-18-8-11-21-41(35)49;1-3-14-29(15-4-1)43-46-44(30-16-5-2-6-17-30)48-45(47-43)32-19-13-18-31(28-32)41-39(27-26-36-35-22-9-12-25-40(35)50-42(36)41)49-37-23-10-7-20-33(37)34-21-8-11-24-38(34)49;1-2-13-29-27(11-1)28-12-3-4-14-30(28)36-25-26(21-22-31(29)36)41-39(24-23-35-34-17-7-10-20-40(34)44-42(35)41)43-37-18-8-5-15-32(37)33-16-6-9-19-38(33)43/h1-29H;1-28H;1-25H. The van der Waals surface area contributed by atoms with Crippen molar-refractivity contribution in [2.24, 2.45) is 0 Å². The molecule has 0 atom stereocenters. The van der Waals surface area contributed by atoms with Crippen molar-refractivity contribution in [1.82, 2.24) is 38.6 Å². The number of nitrogens with zero attached hydrogens (tertiary/aromatic N) is 8. The Labute approximate surface area is 835 Å². The van der Waals surface area contributed by atoms with Gasteiger partial charge in [0.2, 0.25) is 0 Å². The first-order chi connectivity index (χ1) is 71.4. The highest BCUT2D eigenvalue weighted by molar-refractivity contribution is 7.26. The van der Waals surface area contributed by atoms with Gasteiger partial charge in [0, 0.05) is 134 Å². The molecule has 0 unspecified atom stereocenters. The highest BCUT2D eigenvalue weighted by Gasteiger charge is 2.28. The summed E-state index contributed by atoms with van der Waals surface area (Å²) in [5.41, 5.74) is 27.1. The normalized spacial score (nSPS) is 11.8. The van der Waals surface area contributed by atoms with Gasteiger partial charge in [-0.2, -0.15) is 0 Å². The summed E-state index contributed by atoms with van der Waals surface area (Å²) in [6, 6.07) is 177. The monoisotopic (exact) mass is 1870 g/mol. The fourth-order valence-electron chi connectivity index (χ4n) is 22.0. The largest absolute Gasteiger partial charge is 0.455 e. The van der Waals surface area contributed by atoms with Crippen molar-refractivity contribution in [2.45, 2.75) is 0 Å². The summed E-state index contributed by atoms with van der Waals surface area (Å²) in [5, 5.41) is 22.5. The molecule has 0 amide bonds. The van der Waals surface area contributed by atoms with Gasteiger partial charge in [0.15, 0.2) is 23.3 Å². The van der Waals surface area contributed by atoms with Crippen LogP contribution >= 0.6 is 22.7 Å². The van der Waals surface area contributed by atoms with Crippen LogP contribution in [0.4, 0.5) is 0 Å². The number of thiophene rings is 2. The Morgan fingerprint density at radius 2 is 0.451 bits per heavy atom. The third-order valence-corrected chi connectivity index (χ3v) is 30.9. The van der Waals surface area contributed by atoms with Crippen molar-refractivity contribution in [2.75, 3.05) is 0 Å². The van der Waals surface area contributed by atoms with Crippen LogP contribution in [0.15, 0.2) is 502 Å². The number of hydrogen-bond acceptors (Lipinski definition) is 8. The van der Waals surface area contributed by atoms with Crippen LogP contribution in [0, 0.1) is 0 Å². The lowest BCUT2D eigenvalue weighted by Crippen LogP contribution is -2.00. The van der Waals surface area contributed by atoms with Crippen LogP contribution in [-0.4, -0.2) is 38.6 Å². The first-order valence-electron chi connectivity index (χ1n) is 48.7. The molecule has 0 saturated heterocycles. The lowest BCUT2D eigenvalue weighted by Gasteiger charge is -2.16. The number of furan rings is 1. The van der Waals surface area contributed by atoms with Crippen molar-refractivity contribution in [3.63, 3.8) is 0 Å². The second-order valence-electron chi connectivity index (χ2n) is 36.7. The number of rotatable bonds is 12. The number of hydrogen-bond donors (Lipinski definition) is 0. The molecule has 8 heterocycles. The van der Waals surface area contributed by atoms with Crippen LogP contribution in [0.3, 0.4) is 0 Å². The van der Waals surface area contributed by atoms with Crippen LogP contribution in [-0.2, 0) is 0 Å². The number of para-hydroxylation sites is 7. The quantitative estimate of drug-likeness (QED) is 0.113. The second kappa shape index (κ2) is 34.7. The van der Waals surface area contributed by atoms with Gasteiger partial charge in [0.25, 0.3) is 0 Å². The Bertz CT molecular complexity index is 10100. The van der Waals surface area contributed by atoms with E-state index in [-0.39, 0.29) is 0 Å². The highest BCUT2D eigenvalue weighted by Crippen LogP contribution is 2.51. The summed E-state index contributed by atoms with van der Waals surface area (Å²) in [6.07, 6.45) is 0. The van der Waals surface area contributed by atoms with Gasteiger partial charge in [-0.25, -0.2) is 24.9 Å². The molecular formula is C133H82N8OS2. The van der Waals surface area contributed by atoms with Crippen molar-refractivity contribution < 1.29 is 4.42 Å². The minimum absolute atomic E-state index is 0.640. The molecule has 22 aromatic carbocycles. The summed E-state index contributed by atoms with van der Waals surface area (Å²) >= 11 is 3.72. The third kappa shape index (κ3) is 14.1. The topological polar surface area (TPSA) is 92.4 Å². The zero-order valence-corrected chi connectivity index (χ0v) is 79.3. The zero-order valence-electron chi connectivity index (χ0n) is 77.6. The molecule has 0 aliphatic heterocycles. The van der Waals surface area contributed by atoms with Gasteiger partial charge in [0.05, 0.1) is 61.6 Å². The SMILES string of the molecule is c1ccc(-c2cc(-c3ccccc3)nc(-c3ccc(-c4c(-n5c6ccccc6c6ccccc65)ccc5c4sc4ccccc45)cc3)n2)cc1.c1ccc(-c2nc(-c3ccccc3)nc(-c3cccc(-c4c(-n5c6ccccc6c6ccccc65)ccc5c4sc4ccccc45)c3)n2)cc1.c1ccc2c(c1)oc1c(-c3ccc4c5ccccc5c5ccccc5c4c3)c(-n3c4ccccc4c4ccccc43)ccc12. The molecule has 144 heavy (non-hydrogen) atoms. The van der Waals surface area contributed by atoms with Gasteiger partial charge < -0.3 is 18.1 Å². The molecule has 0 radical (unpaired) electrons. The molecule has 30 aromatic rings. The van der Waals surface area contributed by atoms with Crippen LogP contribution in [0.5, 0.6) is 0 Å². The average molecular weight is 1870 g/mol. The molecule has 8 aromatic heterocycles. The Kier molecular flexibility index (Phi) is 20.2. The van der Waals surface area contributed by atoms with E-state index < -0.39 is 0 Å². The van der Waals surface area contributed by atoms with Gasteiger partial charge >= 0.3 is 0 Å². The minimum Gasteiger partial charge on any atom is -0.455 e. The lowest BCUT2D eigenvalue weighted by atomic mass is 9.91. The van der Waals surface area contributed by atoms with Gasteiger partial charge in [-0.3, -0.25) is 0 Å². The van der Waals surface area contributed by atoms with E-state index in [2.05, 4.69) is 432 Å². The van der Waals surface area contributed by atoms with Gasteiger partial charge in [-0.1, -0.05) is 400 Å². The fraction of sp³-hybridized carbons (Fsp3) is 0. The Morgan fingerprint density at radius 1 is 0.167 bits per heavy atom. The molecule has 30 rings (SSSR count). The summed E-state index contributed by atoms with van der Waals surface area (Å²) in [7, 11) is 0. The van der Waals surface area contributed by atoms with E-state index in [1.54, 1.807) is 0 Å². The highest BCUT2D eigenvalue weighted by atomic mass is 32.1. The number of fused-ring (bicyclic) bond motifs is 24. The maximum atomic E-state index is 6.76. The maximum absolute atomic E-state index is 6.76. The van der Waals surface area contributed by atoms with Crippen molar-refractivity contribution in [3.05, 3.63) is 497 Å². The van der Waals surface area contributed by atoms with Crippen LogP contribution in [0.2, 0.25) is 0 Å². The molecule has 11 heteroatoms. The summed E-state index contributed by atoms with van der Waals surface area (Å²) in [5.74, 6) is 2.65. The molecule has 0 aliphatic carbocycles. The Hall–Kier alpha value is -18.7. The van der Waals surface area contributed by atoms with E-state index in [1.165, 1.54) is 155 Å². The van der Waals surface area contributed by atoms with Crippen LogP contribution in [0.1, 0.15) is 0 Å². The van der Waals surface area contributed by atoms with Crippen LogP contribution in [0.25, 0.3) is 279 Å². The molecule has 0 saturated carbocycles. The average Bonchev–Trinajstić information content (AvgIpc) is 1.11. The van der Waals surface area contributed by atoms with Crippen LogP contribution < -0.4 is 0 Å². The molecule has 672 valence electrons. The predicted molar refractivity (Wildman–Crippen MR) is 606 cm³/mol. The van der Waals surface area contributed by atoms with E-state index in [0.29, 0.717) is 23.3 Å². The van der Waals surface area contributed by atoms with Gasteiger partial charge in [-0.05, 0) is 146 Å². The molecule has 0 aliphatic rings. The predicted octanol–water partition coefficient (Wildman–Crippen LogP) is 36.4. The molecule has 0 spiro atoms. The molecular weight excluding hydrogens is 1790 g/mol. The lowest BCUT2D eigenvalue weighted by molar-refractivity contribution is 0.670. The Morgan fingerprint density at radius 3 is 0.889 bits per heavy atom. The molecule has 0 N–H and O–H groups in total. The van der Waals surface area contributed by atoms with E-state index in [0.717, 1.165) is 100 Å². The van der Waals surface area contributed by atoms with Crippen molar-refractivity contribution >= 4 is 183 Å². The number of benzene rings is 22. The van der Waals surface area contributed by atoms with Gasteiger partial charge in [-0.15, -0.1) is 22.7 Å². The van der Waals surface area contributed by atoms with E-state index >= 15 is 0 Å². The summed E-state index contributed by atoms with van der Waals surface area (Å²) < 4.78 is 19.1. The first-order valence-corrected chi connectivity index (χ1v) is 50.3. The molecule has 0 bridgehead atoms. The summed E-state index contributed by atoms with van der Waals surface area (Å²) in [6.45, 7) is 0. The maximum Gasteiger partial charge on any atom is 0.164 e. The molecule has 0 fully saturated rings. The first kappa shape index (κ1) is 83.5. The van der Waals surface area contributed by atoms with E-state index in [9.17, 15) is 0 Å². The van der Waals surface area contributed by atoms with E-state index in [1.807, 2.05) is 102 Å². The smallest absolute Gasteiger partial charge is 0.164 e.